The van der Waals surface area contributed by atoms with Crippen LogP contribution in [0.5, 0.6) is 11.5 Å². The Balaban J connectivity index is -0.000000102. The number of carbonyl (C=O) groups is 4. The van der Waals surface area contributed by atoms with Gasteiger partial charge in [0.15, 0.2) is 0 Å². The van der Waals surface area contributed by atoms with Crippen LogP contribution in [0.4, 0.5) is 0 Å². The van der Waals surface area contributed by atoms with Gasteiger partial charge in [-0.1, -0.05) is 20.8 Å². The molecule has 12 heteroatoms. The smallest absolute Gasteiger partial charge is 0.300 e. The number of carboxylic acids is 4. The van der Waals surface area contributed by atoms with E-state index in [1.165, 1.54) is 12.1 Å². The molecule has 0 aliphatic heterocycles. The van der Waals surface area contributed by atoms with Crippen molar-refractivity contribution in [2.75, 3.05) is 13.1 Å². The highest BCUT2D eigenvalue weighted by Gasteiger charge is 2.17. The topological polar surface area (TPSA) is 242 Å². The first kappa shape index (κ1) is 39.1. The molecule has 1 aromatic carbocycles. The highest BCUT2D eigenvalue weighted by Crippen LogP contribution is 2.32. The zero-order valence-electron chi connectivity index (χ0n) is 19.6. The van der Waals surface area contributed by atoms with E-state index < -0.39 is 23.9 Å². The molecule has 0 amide bonds. The maximum absolute atomic E-state index is 9.46. The molecule has 0 aliphatic rings. The molecular weight excluding hydrogens is 428 g/mol. The van der Waals surface area contributed by atoms with Gasteiger partial charge in [0.1, 0.15) is 11.5 Å². The van der Waals surface area contributed by atoms with Crippen LogP contribution < -0.4 is 11.5 Å². The van der Waals surface area contributed by atoms with Crippen molar-refractivity contribution in [2.45, 2.75) is 53.9 Å². The Morgan fingerprint density at radius 1 is 0.719 bits per heavy atom. The second kappa shape index (κ2) is 23.9. The average Bonchev–Trinajstić information content (AvgIpc) is 2.54. The van der Waals surface area contributed by atoms with Crippen molar-refractivity contribution >= 4 is 23.9 Å². The average molecular weight is 467 g/mol. The second-order valence-electron chi connectivity index (χ2n) is 6.60. The summed E-state index contributed by atoms with van der Waals surface area (Å²) in [5.74, 6) is -2.90. The van der Waals surface area contributed by atoms with Crippen LogP contribution >= 0.6 is 0 Å². The molecule has 10 N–H and O–H groups in total. The molecule has 0 spiro atoms. The molecule has 0 aliphatic carbocycles. The van der Waals surface area contributed by atoms with Crippen molar-refractivity contribution in [3.63, 3.8) is 0 Å². The number of carboxylic acid groups (broad SMARTS) is 4. The van der Waals surface area contributed by atoms with Gasteiger partial charge in [0, 0.05) is 46.3 Å². The van der Waals surface area contributed by atoms with Crippen LogP contribution in [0, 0.1) is 0 Å². The molecule has 0 atom stereocenters. The minimum absolute atomic E-state index is 0.136. The molecule has 0 fully saturated rings. The molecule has 0 bridgehead atoms. The summed E-state index contributed by atoms with van der Waals surface area (Å²) in [6, 6.07) is 4.58. The molecule has 1 rings (SSSR count). The minimum Gasteiger partial charge on any atom is -0.508 e. The molecule has 0 saturated heterocycles. The molecule has 1 aromatic rings. The molecule has 188 valence electrons. The quantitative estimate of drug-likeness (QED) is 0.275. The Hall–Kier alpha value is -3.38. The largest absolute Gasteiger partial charge is 0.508 e. The third-order valence-electron chi connectivity index (χ3n) is 1.95. The molecule has 0 unspecified atom stereocenters. The number of nitrogens with two attached hydrogens (primary N) is 2. The summed E-state index contributed by atoms with van der Waals surface area (Å²) in [5, 5.41) is 48.3. The molecule has 0 aromatic heterocycles. The third kappa shape index (κ3) is 63.3. The number of benzene rings is 1. The Labute approximate surface area is 188 Å². The maximum atomic E-state index is 9.46. The van der Waals surface area contributed by atoms with Gasteiger partial charge >= 0.3 is 0 Å². The molecular formula is C20H38N2O10. The van der Waals surface area contributed by atoms with Gasteiger partial charge < -0.3 is 42.1 Å². The maximum Gasteiger partial charge on any atom is 0.300 e. The monoisotopic (exact) mass is 466 g/mol. The summed E-state index contributed by atoms with van der Waals surface area (Å²) in [6.45, 7) is 11.5. The normalized spacial score (nSPS) is 8.41. The lowest BCUT2D eigenvalue weighted by molar-refractivity contribution is -0.135. The summed E-state index contributed by atoms with van der Waals surface area (Å²) >= 11 is 0. The Kier molecular flexibility index (Phi) is 29.2. The van der Waals surface area contributed by atoms with Crippen molar-refractivity contribution in [3.05, 3.63) is 23.8 Å². The van der Waals surface area contributed by atoms with E-state index >= 15 is 0 Å². The number of aromatic hydroxyl groups is 2. The number of rotatable bonds is 1. The van der Waals surface area contributed by atoms with Crippen molar-refractivity contribution in [1.82, 2.24) is 0 Å². The van der Waals surface area contributed by atoms with Crippen molar-refractivity contribution in [2.24, 2.45) is 11.5 Å². The standard InChI is InChI=1S/C10H14O2.C2H8N2.4C2H4O2/c1-10(2,3)8-6-7(11)4-5-9(8)12;3-1-2-4;4*1-2(3)4/h4-6,11-12H,1-3H3;1-4H2;4*1H3,(H,3,4). The summed E-state index contributed by atoms with van der Waals surface area (Å²) < 4.78 is 0. The zero-order chi connectivity index (χ0) is 27.1. The predicted molar refractivity (Wildman–Crippen MR) is 120 cm³/mol. The van der Waals surface area contributed by atoms with Crippen LogP contribution in [-0.2, 0) is 24.6 Å². The zero-order valence-corrected chi connectivity index (χ0v) is 19.6. The molecule has 12 nitrogen and oxygen atoms in total. The van der Waals surface area contributed by atoms with E-state index in [0.717, 1.165) is 33.3 Å². The highest BCUT2D eigenvalue weighted by molar-refractivity contribution is 5.63. The van der Waals surface area contributed by atoms with Gasteiger partial charge in [0.2, 0.25) is 0 Å². The van der Waals surface area contributed by atoms with Crippen LogP contribution in [0.25, 0.3) is 0 Å². The summed E-state index contributed by atoms with van der Waals surface area (Å²) in [4.78, 5) is 36.0. The predicted octanol–water partition coefficient (Wildman–Crippen LogP) is 1.66. The van der Waals surface area contributed by atoms with Crippen LogP contribution in [0.1, 0.15) is 54.0 Å². The van der Waals surface area contributed by atoms with Crippen molar-refractivity contribution < 1.29 is 49.8 Å². The van der Waals surface area contributed by atoms with Gasteiger partial charge in [-0.2, -0.15) is 0 Å². The van der Waals surface area contributed by atoms with Gasteiger partial charge in [-0.05, 0) is 23.6 Å². The van der Waals surface area contributed by atoms with Gasteiger partial charge in [0.25, 0.3) is 23.9 Å². The number of hydrogen-bond acceptors (Lipinski definition) is 8. The van der Waals surface area contributed by atoms with E-state index in [-0.39, 0.29) is 16.9 Å². The van der Waals surface area contributed by atoms with Crippen LogP contribution in [0.3, 0.4) is 0 Å². The van der Waals surface area contributed by atoms with E-state index in [0.29, 0.717) is 13.1 Å². The summed E-state index contributed by atoms with van der Waals surface area (Å²) in [5.41, 5.74) is 10.4. The van der Waals surface area contributed by atoms with E-state index in [1.54, 1.807) is 6.07 Å². The van der Waals surface area contributed by atoms with Crippen LogP contribution in [-0.4, -0.2) is 67.6 Å². The van der Waals surface area contributed by atoms with E-state index in [1.807, 2.05) is 20.8 Å². The first-order valence-corrected chi connectivity index (χ1v) is 8.96. The minimum atomic E-state index is -0.833. The summed E-state index contributed by atoms with van der Waals surface area (Å²) in [7, 11) is 0. The van der Waals surface area contributed by atoms with Gasteiger partial charge in [-0.3, -0.25) is 19.2 Å². The lowest BCUT2D eigenvalue weighted by Crippen LogP contribution is -2.11. The van der Waals surface area contributed by atoms with Gasteiger partial charge in [0.05, 0.1) is 0 Å². The van der Waals surface area contributed by atoms with Crippen molar-refractivity contribution in [1.29, 1.82) is 0 Å². The van der Waals surface area contributed by atoms with E-state index in [4.69, 9.17) is 51.1 Å². The van der Waals surface area contributed by atoms with Crippen LogP contribution in [0.15, 0.2) is 18.2 Å². The summed E-state index contributed by atoms with van der Waals surface area (Å²) in [6.07, 6.45) is 0. The van der Waals surface area contributed by atoms with E-state index in [9.17, 15) is 10.2 Å². The Morgan fingerprint density at radius 2 is 0.969 bits per heavy atom. The lowest BCUT2D eigenvalue weighted by atomic mass is 9.86. The van der Waals surface area contributed by atoms with Crippen molar-refractivity contribution in [3.8, 4) is 11.5 Å². The fraction of sp³-hybridized carbons (Fsp3) is 0.500. The lowest BCUT2D eigenvalue weighted by Gasteiger charge is -2.20. The molecule has 0 heterocycles. The first-order valence-electron chi connectivity index (χ1n) is 8.96. The molecule has 32 heavy (non-hydrogen) atoms. The van der Waals surface area contributed by atoms with Crippen LogP contribution in [0.2, 0.25) is 0 Å². The molecule has 0 saturated carbocycles. The number of phenolic OH excluding ortho intramolecular Hbond substituents is 2. The first-order chi connectivity index (χ1) is 14.3. The highest BCUT2D eigenvalue weighted by atomic mass is 16.4. The number of hydrogen-bond donors (Lipinski definition) is 8. The number of aliphatic carboxylic acids is 4. The Bertz CT molecular complexity index is 590. The Morgan fingerprint density at radius 3 is 1.12 bits per heavy atom. The fourth-order valence-corrected chi connectivity index (χ4v) is 1.12. The van der Waals surface area contributed by atoms with Gasteiger partial charge in [-0.15, -0.1) is 0 Å². The second-order valence-corrected chi connectivity index (χ2v) is 6.60. The fourth-order valence-electron chi connectivity index (χ4n) is 1.12. The SMILES string of the molecule is CC(=O)O.CC(=O)O.CC(=O)O.CC(=O)O.CC(C)(C)c1cc(O)ccc1O.NCCN. The van der Waals surface area contributed by atoms with E-state index in [2.05, 4.69) is 0 Å². The van der Waals surface area contributed by atoms with Gasteiger partial charge in [-0.25, -0.2) is 0 Å². The third-order valence-corrected chi connectivity index (χ3v) is 1.95. The number of phenols is 2. The molecule has 0 radical (unpaired) electrons.